The summed E-state index contributed by atoms with van der Waals surface area (Å²) in [4.78, 5) is 2.17. The Bertz CT molecular complexity index is 269. The lowest BCUT2D eigenvalue weighted by atomic mass is 9.63. The normalized spacial score (nSPS) is 13.1. The van der Waals surface area contributed by atoms with Crippen molar-refractivity contribution in [2.75, 3.05) is 13.6 Å². The molecule has 0 aromatic heterocycles. The zero-order valence-electron chi connectivity index (χ0n) is 12.9. The highest BCUT2D eigenvalue weighted by molar-refractivity contribution is 5.17. The molecule has 17 heavy (non-hydrogen) atoms. The molecule has 0 amide bonds. The van der Waals surface area contributed by atoms with E-state index < -0.39 is 0 Å². The van der Waals surface area contributed by atoms with Gasteiger partial charge in [0.25, 0.3) is 0 Å². The largest absolute Gasteiger partial charge is 0.375 e. The third kappa shape index (κ3) is 3.90. The first-order chi connectivity index (χ1) is 7.74. The van der Waals surface area contributed by atoms with Gasteiger partial charge in [0.2, 0.25) is 0 Å². The summed E-state index contributed by atoms with van der Waals surface area (Å²) in [5.74, 6) is 0. The van der Waals surface area contributed by atoms with Gasteiger partial charge in [-0.05, 0) is 36.7 Å². The molecule has 0 radical (unpaired) electrons. The molecule has 0 unspecified atom stereocenters. The van der Waals surface area contributed by atoms with Crippen LogP contribution in [-0.2, 0) is 0 Å². The summed E-state index contributed by atoms with van der Waals surface area (Å²) in [6.07, 6.45) is 6.91. The lowest BCUT2D eigenvalue weighted by molar-refractivity contribution is 0.127. The topological polar surface area (TPSA) is 3.24 Å². The predicted molar refractivity (Wildman–Crippen MR) is 79.1 cm³/mol. The minimum atomic E-state index is 0.202. The van der Waals surface area contributed by atoms with Crippen LogP contribution in [0.25, 0.3) is 0 Å². The predicted octanol–water partition coefficient (Wildman–Crippen LogP) is 4.86. The van der Waals surface area contributed by atoms with Gasteiger partial charge in [0.1, 0.15) is 0 Å². The quantitative estimate of drug-likeness (QED) is 0.572. The lowest BCUT2D eigenvalue weighted by Gasteiger charge is -2.42. The number of likely N-dealkylation sites (N-methyl/N-ethyl adjacent to an activating group) is 1. The molecular weight excluding hydrogens is 206 g/mol. The highest BCUT2D eigenvalue weighted by atomic mass is 15.1. The number of allylic oxidation sites excluding steroid dienone is 2. The second-order valence-corrected chi connectivity index (χ2v) is 5.83. The van der Waals surface area contributed by atoms with Crippen molar-refractivity contribution >= 4 is 0 Å². The van der Waals surface area contributed by atoms with Crippen molar-refractivity contribution in [3.63, 3.8) is 0 Å². The fourth-order valence-corrected chi connectivity index (χ4v) is 2.00. The molecule has 1 nitrogen and oxygen atoms in total. The van der Waals surface area contributed by atoms with E-state index in [1.165, 1.54) is 12.8 Å². The zero-order valence-corrected chi connectivity index (χ0v) is 12.9. The van der Waals surface area contributed by atoms with Crippen LogP contribution in [0, 0.1) is 10.8 Å². The second kappa shape index (κ2) is 6.28. The summed E-state index contributed by atoms with van der Waals surface area (Å²) >= 11 is 0. The Morgan fingerprint density at radius 1 is 1.12 bits per heavy atom. The van der Waals surface area contributed by atoms with Crippen LogP contribution in [0.2, 0.25) is 0 Å². The molecule has 0 aromatic carbocycles. The SMILES string of the molecule is C=C(/C=C\C(C)(C)C(C)(CC)CC)N(C)CC. The maximum Gasteiger partial charge on any atom is 0.0287 e. The fraction of sp³-hybridized carbons (Fsp3) is 0.750. The summed E-state index contributed by atoms with van der Waals surface area (Å²) in [7, 11) is 2.08. The van der Waals surface area contributed by atoms with E-state index in [0.717, 1.165) is 12.2 Å². The van der Waals surface area contributed by atoms with Gasteiger partial charge in [0, 0.05) is 19.3 Å². The number of hydrogen-bond acceptors (Lipinski definition) is 1. The van der Waals surface area contributed by atoms with E-state index in [1.807, 2.05) is 0 Å². The van der Waals surface area contributed by atoms with E-state index in [0.29, 0.717) is 5.41 Å². The highest BCUT2D eigenvalue weighted by Gasteiger charge is 2.35. The van der Waals surface area contributed by atoms with Crippen molar-refractivity contribution in [2.24, 2.45) is 10.8 Å². The van der Waals surface area contributed by atoms with E-state index in [2.05, 4.69) is 72.2 Å². The van der Waals surface area contributed by atoms with Gasteiger partial charge in [0.15, 0.2) is 0 Å². The molecule has 0 heterocycles. The number of nitrogens with zero attached hydrogens (tertiary/aromatic N) is 1. The van der Waals surface area contributed by atoms with Crippen LogP contribution in [0.15, 0.2) is 24.4 Å². The van der Waals surface area contributed by atoms with Crippen LogP contribution in [0.3, 0.4) is 0 Å². The first-order valence-corrected chi connectivity index (χ1v) is 6.83. The van der Waals surface area contributed by atoms with Crippen molar-refractivity contribution < 1.29 is 0 Å². The molecule has 100 valence electrons. The molecule has 0 fully saturated rings. The van der Waals surface area contributed by atoms with Gasteiger partial charge in [-0.1, -0.05) is 47.3 Å². The first-order valence-electron chi connectivity index (χ1n) is 6.83. The van der Waals surface area contributed by atoms with Crippen LogP contribution in [0.5, 0.6) is 0 Å². The third-order valence-corrected chi connectivity index (χ3v) is 4.77. The molecule has 0 aliphatic heterocycles. The molecule has 0 spiro atoms. The Balaban J connectivity index is 4.86. The summed E-state index contributed by atoms with van der Waals surface area (Å²) in [5, 5.41) is 0. The van der Waals surface area contributed by atoms with Crippen LogP contribution in [0.4, 0.5) is 0 Å². The average molecular weight is 237 g/mol. The Morgan fingerprint density at radius 3 is 1.94 bits per heavy atom. The van der Waals surface area contributed by atoms with Crippen molar-refractivity contribution in [2.45, 2.75) is 54.4 Å². The monoisotopic (exact) mass is 237 g/mol. The van der Waals surface area contributed by atoms with Gasteiger partial charge < -0.3 is 4.90 Å². The maximum absolute atomic E-state index is 4.10. The Labute approximate surface area is 109 Å². The summed E-state index contributed by atoms with van der Waals surface area (Å²) in [5.41, 5.74) is 1.65. The van der Waals surface area contributed by atoms with Crippen molar-refractivity contribution in [1.82, 2.24) is 4.90 Å². The van der Waals surface area contributed by atoms with E-state index in [1.54, 1.807) is 0 Å². The summed E-state index contributed by atoms with van der Waals surface area (Å²) in [6, 6.07) is 0. The van der Waals surface area contributed by atoms with Gasteiger partial charge in [-0.25, -0.2) is 0 Å². The molecule has 0 saturated heterocycles. The smallest absolute Gasteiger partial charge is 0.0287 e. The van der Waals surface area contributed by atoms with Crippen molar-refractivity contribution in [3.8, 4) is 0 Å². The van der Waals surface area contributed by atoms with Crippen LogP contribution >= 0.6 is 0 Å². The highest BCUT2D eigenvalue weighted by Crippen LogP contribution is 2.45. The first kappa shape index (κ1) is 16.3. The van der Waals surface area contributed by atoms with E-state index in [4.69, 9.17) is 0 Å². The van der Waals surface area contributed by atoms with E-state index in [-0.39, 0.29) is 5.41 Å². The van der Waals surface area contributed by atoms with Gasteiger partial charge in [-0.3, -0.25) is 0 Å². The maximum atomic E-state index is 4.10. The second-order valence-electron chi connectivity index (χ2n) is 5.83. The molecule has 1 heteroatoms. The molecule has 0 aromatic rings. The van der Waals surface area contributed by atoms with Crippen LogP contribution in [-0.4, -0.2) is 18.5 Å². The molecule has 0 saturated carbocycles. The molecule has 0 aliphatic carbocycles. The third-order valence-electron chi connectivity index (χ3n) is 4.77. The fourth-order valence-electron chi connectivity index (χ4n) is 2.00. The molecule has 0 rings (SSSR count). The van der Waals surface area contributed by atoms with Gasteiger partial charge in [-0.15, -0.1) is 0 Å². The summed E-state index contributed by atoms with van der Waals surface area (Å²) < 4.78 is 0. The van der Waals surface area contributed by atoms with E-state index in [9.17, 15) is 0 Å². The van der Waals surface area contributed by atoms with Gasteiger partial charge in [0.05, 0.1) is 0 Å². The van der Waals surface area contributed by atoms with Crippen LogP contribution in [0.1, 0.15) is 54.4 Å². The standard InChI is InChI=1S/C16H31N/c1-9-16(7,10-2)15(5,6)13-12-14(4)17(8)11-3/h12-13H,4,9-11H2,1-3,5-8H3/b13-12-. The Hall–Kier alpha value is -0.720. The van der Waals surface area contributed by atoms with Crippen molar-refractivity contribution in [3.05, 3.63) is 24.4 Å². The number of hydrogen-bond donors (Lipinski definition) is 0. The average Bonchev–Trinajstić information content (AvgIpc) is 2.33. The number of rotatable bonds is 7. The molecular formula is C16H31N. The molecule has 0 bridgehead atoms. The Kier molecular flexibility index (Phi) is 6.01. The van der Waals surface area contributed by atoms with Crippen LogP contribution < -0.4 is 0 Å². The van der Waals surface area contributed by atoms with E-state index >= 15 is 0 Å². The zero-order chi connectivity index (χ0) is 13.7. The molecule has 0 atom stereocenters. The molecule has 0 N–H and O–H groups in total. The Morgan fingerprint density at radius 2 is 1.59 bits per heavy atom. The minimum Gasteiger partial charge on any atom is -0.375 e. The van der Waals surface area contributed by atoms with Crippen molar-refractivity contribution in [1.29, 1.82) is 0 Å². The van der Waals surface area contributed by atoms with Gasteiger partial charge >= 0.3 is 0 Å². The lowest BCUT2D eigenvalue weighted by Crippen LogP contribution is -2.32. The molecule has 0 aliphatic rings. The minimum absolute atomic E-state index is 0.202. The van der Waals surface area contributed by atoms with Gasteiger partial charge in [-0.2, -0.15) is 0 Å². The summed E-state index contributed by atoms with van der Waals surface area (Å²) in [6.45, 7) is 18.9.